The van der Waals surface area contributed by atoms with Gasteiger partial charge in [-0.15, -0.1) is 0 Å². The van der Waals surface area contributed by atoms with Crippen molar-refractivity contribution in [3.8, 4) is 6.07 Å². The lowest BCUT2D eigenvalue weighted by Crippen LogP contribution is -2.31. The van der Waals surface area contributed by atoms with Gasteiger partial charge in [-0.05, 0) is 50.3 Å². The zero-order valence-corrected chi connectivity index (χ0v) is 22.2. The van der Waals surface area contributed by atoms with Crippen LogP contribution in [0.15, 0.2) is 75.5 Å². The van der Waals surface area contributed by atoms with E-state index in [4.69, 9.17) is 16.9 Å². The Kier molecular flexibility index (Phi) is 15.1. The number of halogens is 7. The standard InChI is InChI=1S/C20H19ClF6N2S.C3H8.C2H3N/c1-12(2)28-18(11-30-17-7-4-15(21)5-8-17)29-16-6-3-13(19(22,23)24)9-14(10-16)20(25,26)27;1-3-2;1-2-3/h3-5,7-12,28-29H,6H2,1-2H3;3H2,1-2H3;1H3/b18-11+;;. The Morgan fingerprint density at radius 3 is 2.00 bits per heavy atom. The van der Waals surface area contributed by atoms with Crippen molar-refractivity contribution in [3.63, 3.8) is 0 Å². The normalized spacial score (nSPS) is 14.0. The van der Waals surface area contributed by atoms with Gasteiger partial charge in [0.1, 0.15) is 5.82 Å². The summed E-state index contributed by atoms with van der Waals surface area (Å²) in [6.45, 7) is 9.33. The van der Waals surface area contributed by atoms with E-state index in [1.54, 1.807) is 35.7 Å². The third-order valence-electron chi connectivity index (χ3n) is 3.70. The van der Waals surface area contributed by atoms with Gasteiger partial charge < -0.3 is 10.6 Å². The highest BCUT2D eigenvalue weighted by atomic mass is 35.5. The molecule has 2 rings (SSSR count). The Morgan fingerprint density at radius 1 is 1.06 bits per heavy atom. The minimum atomic E-state index is -4.92. The molecule has 0 bridgehead atoms. The minimum Gasteiger partial charge on any atom is -0.369 e. The van der Waals surface area contributed by atoms with E-state index in [1.807, 2.05) is 13.8 Å². The smallest absolute Gasteiger partial charge is 0.369 e. The maximum Gasteiger partial charge on any atom is 0.416 e. The zero-order valence-electron chi connectivity index (χ0n) is 20.6. The molecule has 3 nitrogen and oxygen atoms in total. The number of rotatable bonds is 6. The first kappa shape index (κ1) is 33.5. The highest BCUT2D eigenvalue weighted by molar-refractivity contribution is 8.02. The first-order valence-electron chi connectivity index (χ1n) is 10.9. The Labute approximate surface area is 218 Å². The number of alkyl halides is 6. The van der Waals surface area contributed by atoms with Crippen LogP contribution in [0, 0.1) is 11.3 Å². The first-order chi connectivity index (χ1) is 16.7. The molecule has 0 saturated heterocycles. The number of benzene rings is 1. The summed E-state index contributed by atoms with van der Waals surface area (Å²) in [5.41, 5.74) is -2.73. The van der Waals surface area contributed by atoms with E-state index >= 15 is 0 Å². The largest absolute Gasteiger partial charge is 0.416 e. The summed E-state index contributed by atoms with van der Waals surface area (Å²) in [5, 5.41) is 15.4. The van der Waals surface area contributed by atoms with Gasteiger partial charge in [0.2, 0.25) is 0 Å². The van der Waals surface area contributed by atoms with Crippen LogP contribution in [0.3, 0.4) is 0 Å². The molecule has 1 aliphatic rings. The van der Waals surface area contributed by atoms with E-state index in [9.17, 15) is 26.3 Å². The summed E-state index contributed by atoms with van der Waals surface area (Å²) < 4.78 is 78.7. The Bertz CT molecular complexity index is 969. The fourth-order valence-corrected chi connectivity index (χ4v) is 3.21. The van der Waals surface area contributed by atoms with Crippen molar-refractivity contribution in [2.75, 3.05) is 0 Å². The lowest BCUT2D eigenvalue weighted by molar-refractivity contribution is -0.0933. The van der Waals surface area contributed by atoms with Crippen LogP contribution >= 0.6 is 23.4 Å². The van der Waals surface area contributed by atoms with E-state index in [0.717, 1.165) is 11.0 Å². The fourth-order valence-electron chi connectivity index (χ4n) is 2.41. The molecule has 200 valence electrons. The Balaban J connectivity index is 0.00000185. The average molecular weight is 554 g/mol. The second kappa shape index (κ2) is 16.3. The molecule has 0 aliphatic heterocycles. The molecule has 1 aromatic carbocycles. The third kappa shape index (κ3) is 14.1. The topological polar surface area (TPSA) is 47.9 Å². The number of allylic oxidation sites excluding steroid dienone is 5. The number of nitriles is 1. The van der Waals surface area contributed by atoms with Crippen LogP contribution in [0.2, 0.25) is 5.02 Å². The highest BCUT2D eigenvalue weighted by Crippen LogP contribution is 2.36. The molecule has 0 heterocycles. The molecular formula is C25H30ClF6N3S. The molecule has 0 fully saturated rings. The number of hydrogen-bond donors (Lipinski definition) is 2. The van der Waals surface area contributed by atoms with Crippen LogP contribution in [0.1, 0.15) is 47.5 Å². The van der Waals surface area contributed by atoms with Crippen molar-refractivity contribution in [2.45, 2.75) is 70.8 Å². The van der Waals surface area contributed by atoms with E-state index in [0.29, 0.717) is 16.9 Å². The van der Waals surface area contributed by atoms with Gasteiger partial charge in [-0.1, -0.05) is 49.7 Å². The van der Waals surface area contributed by atoms with Crippen molar-refractivity contribution >= 4 is 23.4 Å². The van der Waals surface area contributed by atoms with E-state index < -0.39 is 23.5 Å². The van der Waals surface area contributed by atoms with Gasteiger partial charge in [-0.25, -0.2) is 0 Å². The predicted molar refractivity (Wildman–Crippen MR) is 135 cm³/mol. The summed E-state index contributed by atoms with van der Waals surface area (Å²) in [4.78, 5) is 0.828. The van der Waals surface area contributed by atoms with Crippen molar-refractivity contribution in [1.82, 2.24) is 10.6 Å². The monoisotopic (exact) mass is 553 g/mol. The van der Waals surface area contributed by atoms with Crippen LogP contribution in [0.4, 0.5) is 26.3 Å². The summed E-state index contributed by atoms with van der Waals surface area (Å²) in [5.74, 6) is 0.363. The molecule has 0 amide bonds. The van der Waals surface area contributed by atoms with Gasteiger partial charge >= 0.3 is 12.4 Å². The molecule has 1 aliphatic carbocycles. The van der Waals surface area contributed by atoms with Crippen molar-refractivity contribution in [3.05, 3.63) is 75.6 Å². The highest BCUT2D eigenvalue weighted by Gasteiger charge is 2.38. The molecule has 0 aromatic heterocycles. The maximum absolute atomic E-state index is 13.2. The van der Waals surface area contributed by atoms with E-state index in [2.05, 4.69) is 24.5 Å². The molecule has 0 saturated carbocycles. The van der Waals surface area contributed by atoms with Crippen LogP contribution in [-0.2, 0) is 0 Å². The molecule has 0 atom stereocenters. The van der Waals surface area contributed by atoms with Gasteiger partial charge in [0.25, 0.3) is 0 Å². The fraction of sp³-hybridized carbons (Fsp3) is 0.400. The van der Waals surface area contributed by atoms with Gasteiger partial charge in [0, 0.05) is 40.4 Å². The minimum absolute atomic E-state index is 0.0195. The van der Waals surface area contributed by atoms with Gasteiger partial charge in [0.15, 0.2) is 0 Å². The maximum atomic E-state index is 13.2. The van der Waals surface area contributed by atoms with Gasteiger partial charge in [-0.3, -0.25) is 0 Å². The number of thioether (sulfide) groups is 1. The summed E-state index contributed by atoms with van der Waals surface area (Å²) in [6, 6.07) is 8.60. The van der Waals surface area contributed by atoms with Crippen LogP contribution in [0.25, 0.3) is 0 Å². The second-order valence-electron chi connectivity index (χ2n) is 7.59. The Morgan fingerprint density at radius 2 is 1.56 bits per heavy atom. The Hall–Kier alpha value is -2.51. The predicted octanol–water partition coefficient (Wildman–Crippen LogP) is 9.03. The zero-order chi connectivity index (χ0) is 27.9. The van der Waals surface area contributed by atoms with E-state index in [-0.39, 0.29) is 24.2 Å². The molecule has 0 radical (unpaired) electrons. The number of nitrogens with one attached hydrogen (secondary N) is 2. The lowest BCUT2D eigenvalue weighted by atomic mass is 10.1. The first-order valence-corrected chi connectivity index (χ1v) is 12.2. The second-order valence-corrected chi connectivity index (χ2v) is 8.97. The average Bonchev–Trinajstić information content (AvgIpc) is 2.97. The number of nitrogens with zero attached hydrogens (tertiary/aromatic N) is 1. The lowest BCUT2D eigenvalue weighted by Gasteiger charge is -2.18. The van der Waals surface area contributed by atoms with Crippen molar-refractivity contribution < 1.29 is 26.3 Å². The van der Waals surface area contributed by atoms with Crippen LogP contribution in [0.5, 0.6) is 0 Å². The van der Waals surface area contributed by atoms with Crippen molar-refractivity contribution in [2.24, 2.45) is 0 Å². The molecule has 36 heavy (non-hydrogen) atoms. The van der Waals surface area contributed by atoms with Crippen molar-refractivity contribution in [1.29, 1.82) is 5.26 Å². The van der Waals surface area contributed by atoms with Gasteiger partial charge in [-0.2, -0.15) is 31.6 Å². The quantitative estimate of drug-likeness (QED) is 0.272. The third-order valence-corrected chi connectivity index (χ3v) is 4.85. The molecular weight excluding hydrogens is 524 g/mol. The van der Waals surface area contributed by atoms with Crippen LogP contribution in [-0.4, -0.2) is 18.4 Å². The molecule has 2 N–H and O–H groups in total. The van der Waals surface area contributed by atoms with Gasteiger partial charge in [0.05, 0.1) is 17.2 Å². The van der Waals surface area contributed by atoms with E-state index in [1.165, 1.54) is 25.1 Å². The molecule has 11 heteroatoms. The molecule has 0 spiro atoms. The number of hydrogen-bond acceptors (Lipinski definition) is 4. The summed E-state index contributed by atoms with van der Waals surface area (Å²) >= 11 is 7.12. The summed E-state index contributed by atoms with van der Waals surface area (Å²) in [7, 11) is 0. The molecule has 0 unspecified atom stereocenters. The summed E-state index contributed by atoms with van der Waals surface area (Å²) in [6.07, 6.45) is -7.34. The van der Waals surface area contributed by atoms with Crippen LogP contribution < -0.4 is 10.6 Å². The SMILES string of the molecule is CC#N.CC(C)N/C(=C\Sc1ccc(Cl)cc1)NC1=CC(C(F)(F)F)=CC(C(F)(F)F)=CC1.CCC. The molecule has 1 aromatic rings.